The number of benzene rings is 1. The lowest BCUT2D eigenvalue weighted by atomic mass is 9.97. The zero-order valence-electron chi connectivity index (χ0n) is 20.6. The Balaban J connectivity index is 1.37. The van der Waals surface area contributed by atoms with Crippen molar-refractivity contribution in [3.63, 3.8) is 0 Å². The highest BCUT2D eigenvalue weighted by Gasteiger charge is 2.38. The fraction of sp³-hybridized carbons (Fsp3) is 0.625. The van der Waals surface area contributed by atoms with Crippen molar-refractivity contribution in [3.8, 4) is 0 Å². The highest BCUT2D eigenvalue weighted by molar-refractivity contribution is 7.88. The molecule has 4 rings (SSSR count). The number of hydrogen-bond donors (Lipinski definition) is 1. The van der Waals surface area contributed by atoms with Gasteiger partial charge in [-0.1, -0.05) is 18.2 Å². The molecule has 0 aliphatic carbocycles. The summed E-state index contributed by atoms with van der Waals surface area (Å²) >= 11 is 0. The lowest BCUT2D eigenvalue weighted by Crippen LogP contribution is -2.59. The molecular formula is C24H35N5O5S. The van der Waals surface area contributed by atoms with Crippen molar-refractivity contribution >= 4 is 33.0 Å². The number of anilines is 1. The predicted molar refractivity (Wildman–Crippen MR) is 134 cm³/mol. The first kappa shape index (κ1) is 25.6. The summed E-state index contributed by atoms with van der Waals surface area (Å²) < 4.78 is 38.3. The molecule has 2 fully saturated rings. The van der Waals surface area contributed by atoms with Gasteiger partial charge in [-0.25, -0.2) is 27.9 Å². The average Bonchev–Trinajstić information content (AvgIpc) is 2.81. The Morgan fingerprint density at radius 3 is 2.63 bits per heavy atom. The first-order valence-electron chi connectivity index (χ1n) is 12.2. The maximum absolute atomic E-state index is 12.7. The van der Waals surface area contributed by atoms with Crippen LogP contribution in [0.15, 0.2) is 30.5 Å². The number of piperidine rings is 2. The van der Waals surface area contributed by atoms with Crippen LogP contribution in [0.2, 0.25) is 0 Å². The quantitative estimate of drug-likeness (QED) is 0.611. The second-order valence-corrected chi connectivity index (χ2v) is 11.4. The van der Waals surface area contributed by atoms with Crippen molar-refractivity contribution in [2.24, 2.45) is 0 Å². The van der Waals surface area contributed by atoms with Crippen molar-refractivity contribution in [2.75, 3.05) is 37.4 Å². The van der Waals surface area contributed by atoms with Gasteiger partial charge in [0.25, 0.3) is 0 Å². The third-order valence-corrected chi connectivity index (χ3v) is 7.15. The number of aromatic nitrogens is 2. The summed E-state index contributed by atoms with van der Waals surface area (Å²) in [5.74, 6) is 0.717. The Labute approximate surface area is 207 Å². The predicted octanol–water partition coefficient (Wildman–Crippen LogP) is 2.54. The van der Waals surface area contributed by atoms with Gasteiger partial charge in [-0.05, 0) is 45.6 Å². The number of nitrogens with zero attached hydrogens (tertiary/aromatic N) is 4. The third kappa shape index (κ3) is 6.80. The van der Waals surface area contributed by atoms with Crippen LogP contribution in [-0.4, -0.2) is 86.2 Å². The van der Waals surface area contributed by atoms with E-state index >= 15 is 0 Å². The van der Waals surface area contributed by atoms with Crippen molar-refractivity contribution in [1.29, 1.82) is 0 Å². The number of likely N-dealkylation sites (tertiary alicyclic amines) is 1. The molecule has 0 bridgehead atoms. The van der Waals surface area contributed by atoms with Crippen LogP contribution in [0.5, 0.6) is 0 Å². The Kier molecular flexibility index (Phi) is 8.08. The summed E-state index contributed by atoms with van der Waals surface area (Å²) in [6.07, 6.45) is 5.24. The van der Waals surface area contributed by atoms with Crippen LogP contribution in [0.25, 0.3) is 10.9 Å². The molecule has 192 valence electrons. The molecule has 2 saturated heterocycles. The number of sulfonamides is 1. The molecule has 0 spiro atoms. The van der Waals surface area contributed by atoms with Crippen LogP contribution in [0.4, 0.5) is 10.7 Å². The van der Waals surface area contributed by atoms with Crippen LogP contribution in [0, 0.1) is 0 Å². The Bertz CT molecular complexity index is 1120. The SMILES string of the molecule is CC(C)OC(=O)N1CCCC(NS(C)(=O)=O)C1COC1CCN(c2ncc3ccccc3n2)CC1. The monoisotopic (exact) mass is 505 g/mol. The van der Waals surface area contributed by atoms with Crippen LogP contribution in [-0.2, 0) is 19.5 Å². The Morgan fingerprint density at radius 2 is 1.91 bits per heavy atom. The van der Waals surface area contributed by atoms with Gasteiger partial charge in [-0.2, -0.15) is 0 Å². The molecule has 1 amide bonds. The van der Waals surface area contributed by atoms with Crippen molar-refractivity contribution in [1.82, 2.24) is 19.6 Å². The van der Waals surface area contributed by atoms with Gasteiger partial charge in [0.05, 0.1) is 36.6 Å². The summed E-state index contributed by atoms with van der Waals surface area (Å²) in [4.78, 5) is 25.7. The number of carbonyl (C=O) groups is 1. The fourth-order valence-corrected chi connectivity index (χ4v) is 5.57. The molecule has 2 aliphatic heterocycles. The molecule has 10 nitrogen and oxygen atoms in total. The third-order valence-electron chi connectivity index (χ3n) is 6.42. The highest BCUT2D eigenvalue weighted by atomic mass is 32.2. The number of nitrogens with one attached hydrogen (secondary N) is 1. The number of rotatable bonds is 7. The maximum atomic E-state index is 12.7. The molecule has 35 heavy (non-hydrogen) atoms. The van der Waals surface area contributed by atoms with Crippen molar-refractivity contribution in [3.05, 3.63) is 30.5 Å². The minimum atomic E-state index is -3.43. The van der Waals surface area contributed by atoms with Crippen LogP contribution in [0.1, 0.15) is 39.5 Å². The van der Waals surface area contributed by atoms with Gasteiger partial charge in [0.1, 0.15) is 0 Å². The van der Waals surface area contributed by atoms with E-state index in [0.29, 0.717) is 19.4 Å². The molecule has 2 aliphatic rings. The minimum Gasteiger partial charge on any atom is -0.447 e. The topological polar surface area (TPSA) is 114 Å². The molecule has 1 aromatic heterocycles. The van der Waals surface area contributed by atoms with E-state index < -0.39 is 28.2 Å². The highest BCUT2D eigenvalue weighted by Crippen LogP contribution is 2.24. The van der Waals surface area contributed by atoms with E-state index in [1.54, 1.807) is 18.7 Å². The zero-order valence-corrected chi connectivity index (χ0v) is 21.4. The summed E-state index contributed by atoms with van der Waals surface area (Å²) in [6.45, 7) is 5.88. The van der Waals surface area contributed by atoms with E-state index in [4.69, 9.17) is 14.5 Å². The lowest BCUT2D eigenvalue weighted by Gasteiger charge is -2.41. The normalized spacial score (nSPS) is 22.1. The first-order chi connectivity index (χ1) is 16.7. The molecule has 3 heterocycles. The van der Waals surface area contributed by atoms with Crippen LogP contribution >= 0.6 is 0 Å². The van der Waals surface area contributed by atoms with E-state index in [1.807, 2.05) is 30.5 Å². The molecular weight excluding hydrogens is 470 g/mol. The van der Waals surface area contributed by atoms with Crippen molar-refractivity contribution < 1.29 is 22.7 Å². The average molecular weight is 506 g/mol. The largest absolute Gasteiger partial charge is 0.447 e. The molecule has 1 aromatic carbocycles. The number of para-hydroxylation sites is 1. The van der Waals surface area contributed by atoms with E-state index in [1.165, 1.54) is 0 Å². The number of fused-ring (bicyclic) bond motifs is 1. The Morgan fingerprint density at radius 1 is 1.17 bits per heavy atom. The fourth-order valence-electron chi connectivity index (χ4n) is 4.74. The van der Waals surface area contributed by atoms with Crippen LogP contribution in [0.3, 0.4) is 0 Å². The van der Waals surface area contributed by atoms with Crippen molar-refractivity contribution in [2.45, 2.75) is 63.8 Å². The smallest absolute Gasteiger partial charge is 0.410 e. The van der Waals surface area contributed by atoms with E-state index in [-0.39, 0.29) is 18.8 Å². The second kappa shape index (κ2) is 11.0. The lowest BCUT2D eigenvalue weighted by molar-refractivity contribution is -0.0240. The molecule has 11 heteroatoms. The van der Waals surface area contributed by atoms with Gasteiger partial charge < -0.3 is 19.3 Å². The molecule has 1 N–H and O–H groups in total. The zero-order chi connectivity index (χ0) is 25.0. The van der Waals surface area contributed by atoms with Crippen LogP contribution < -0.4 is 9.62 Å². The summed E-state index contributed by atoms with van der Waals surface area (Å²) in [5, 5.41) is 1.01. The molecule has 0 saturated carbocycles. The molecule has 0 radical (unpaired) electrons. The Hall–Kier alpha value is -2.50. The first-order valence-corrected chi connectivity index (χ1v) is 14.1. The summed E-state index contributed by atoms with van der Waals surface area (Å²) in [6, 6.07) is 7.08. The van der Waals surface area contributed by atoms with E-state index in [2.05, 4.69) is 14.6 Å². The van der Waals surface area contributed by atoms with Gasteiger partial charge >= 0.3 is 6.09 Å². The van der Waals surface area contributed by atoms with E-state index in [9.17, 15) is 13.2 Å². The standard InChI is InChI=1S/C24H35N5O5S/c1-17(2)34-24(30)29-12-6-9-21(27-35(3,31)32)22(29)16-33-19-10-13-28(14-11-19)23-25-15-18-7-4-5-8-20(18)26-23/h4-5,7-8,15,17,19,21-22,27H,6,9-14,16H2,1-3H3. The molecule has 2 aromatic rings. The molecule has 2 unspecified atom stereocenters. The van der Waals surface area contributed by atoms with E-state index in [0.717, 1.165) is 49.0 Å². The number of carbonyl (C=O) groups excluding carboxylic acids is 1. The maximum Gasteiger partial charge on any atom is 0.410 e. The second-order valence-electron chi connectivity index (χ2n) is 9.58. The van der Waals surface area contributed by atoms with Gasteiger partial charge in [0.2, 0.25) is 16.0 Å². The number of hydrogen-bond acceptors (Lipinski definition) is 8. The summed E-state index contributed by atoms with van der Waals surface area (Å²) in [5.41, 5.74) is 0.922. The van der Waals surface area contributed by atoms with Gasteiger partial charge in [0, 0.05) is 37.3 Å². The van der Waals surface area contributed by atoms with Gasteiger partial charge in [-0.3, -0.25) is 0 Å². The molecule has 2 atom stereocenters. The minimum absolute atomic E-state index is 0.00971. The van der Waals surface area contributed by atoms with Gasteiger partial charge in [0.15, 0.2) is 0 Å². The number of ether oxygens (including phenoxy) is 2. The summed E-state index contributed by atoms with van der Waals surface area (Å²) in [7, 11) is -3.43. The number of amides is 1. The van der Waals surface area contributed by atoms with Gasteiger partial charge in [-0.15, -0.1) is 0 Å².